The molecule has 1 aliphatic carbocycles. The van der Waals surface area contributed by atoms with Gasteiger partial charge in [-0.2, -0.15) is 0 Å². The van der Waals surface area contributed by atoms with E-state index in [0.29, 0.717) is 5.92 Å². The second-order valence-corrected chi connectivity index (χ2v) is 6.03. The zero-order chi connectivity index (χ0) is 12.8. The summed E-state index contributed by atoms with van der Waals surface area (Å²) in [6.45, 7) is 9.52. The molecule has 0 aromatic carbocycles. The molecular formula is C13H21NO3. The molecule has 1 amide bonds. The minimum atomic E-state index is -0.500. The largest absolute Gasteiger partial charge is 0.444 e. The first-order valence-corrected chi connectivity index (χ1v) is 6.13. The lowest BCUT2D eigenvalue weighted by atomic mass is 9.76. The van der Waals surface area contributed by atoms with Gasteiger partial charge in [0.25, 0.3) is 0 Å². The van der Waals surface area contributed by atoms with Gasteiger partial charge in [0.15, 0.2) is 0 Å². The van der Waals surface area contributed by atoms with Crippen molar-refractivity contribution in [1.82, 2.24) is 4.90 Å². The fourth-order valence-corrected chi connectivity index (χ4v) is 2.81. The van der Waals surface area contributed by atoms with Crippen LogP contribution in [0, 0.1) is 5.92 Å². The van der Waals surface area contributed by atoms with E-state index in [4.69, 9.17) is 4.74 Å². The monoisotopic (exact) mass is 239 g/mol. The van der Waals surface area contributed by atoms with Crippen LogP contribution in [0.25, 0.3) is 0 Å². The minimum Gasteiger partial charge on any atom is -0.444 e. The summed E-state index contributed by atoms with van der Waals surface area (Å²) in [5.74, 6) is 0.465. The summed E-state index contributed by atoms with van der Waals surface area (Å²) in [6, 6.07) is -0.0268. The number of aliphatic hydroxyl groups is 1. The maximum atomic E-state index is 12.1. The highest BCUT2D eigenvalue weighted by Crippen LogP contribution is 2.46. The van der Waals surface area contributed by atoms with Gasteiger partial charge in [-0.25, -0.2) is 4.79 Å². The van der Waals surface area contributed by atoms with Crippen LogP contribution in [0.1, 0.15) is 33.6 Å². The molecule has 0 aromatic heterocycles. The summed E-state index contributed by atoms with van der Waals surface area (Å²) in [5.41, 5.74) is 0.581. The maximum absolute atomic E-state index is 12.1. The molecule has 0 bridgehead atoms. The number of carbonyl (C=O) groups is 1. The van der Waals surface area contributed by atoms with Crippen LogP contribution < -0.4 is 0 Å². The van der Waals surface area contributed by atoms with Crippen molar-refractivity contribution in [3.63, 3.8) is 0 Å². The number of amides is 1. The van der Waals surface area contributed by atoms with Gasteiger partial charge in [0, 0.05) is 0 Å². The molecule has 0 aromatic rings. The van der Waals surface area contributed by atoms with Crippen molar-refractivity contribution >= 4 is 6.09 Å². The molecule has 1 saturated heterocycles. The molecule has 0 radical (unpaired) electrons. The van der Waals surface area contributed by atoms with Crippen LogP contribution in [-0.2, 0) is 4.74 Å². The molecule has 4 nitrogen and oxygen atoms in total. The molecule has 2 rings (SSSR count). The molecule has 2 aliphatic rings. The minimum absolute atomic E-state index is 0.000473. The van der Waals surface area contributed by atoms with Gasteiger partial charge in [-0.15, -0.1) is 0 Å². The molecule has 96 valence electrons. The number of hydrogen-bond donors (Lipinski definition) is 1. The van der Waals surface area contributed by atoms with Crippen LogP contribution in [0.3, 0.4) is 0 Å². The van der Waals surface area contributed by atoms with Crippen molar-refractivity contribution in [1.29, 1.82) is 0 Å². The van der Waals surface area contributed by atoms with Crippen LogP contribution in [0.5, 0.6) is 0 Å². The summed E-state index contributed by atoms with van der Waals surface area (Å²) in [7, 11) is 0. The first-order chi connectivity index (χ1) is 7.83. The van der Waals surface area contributed by atoms with E-state index in [1.165, 1.54) is 0 Å². The Morgan fingerprint density at radius 2 is 2.24 bits per heavy atom. The van der Waals surface area contributed by atoms with Crippen LogP contribution in [-0.4, -0.2) is 40.4 Å². The molecule has 17 heavy (non-hydrogen) atoms. The highest BCUT2D eigenvalue weighted by Gasteiger charge is 2.51. The third-order valence-corrected chi connectivity index (χ3v) is 3.47. The molecule has 0 spiro atoms. The van der Waals surface area contributed by atoms with Crippen molar-refractivity contribution < 1.29 is 14.6 Å². The third kappa shape index (κ3) is 2.18. The second-order valence-electron chi connectivity index (χ2n) is 6.03. The van der Waals surface area contributed by atoms with E-state index in [1.54, 1.807) is 4.90 Å². The Morgan fingerprint density at radius 1 is 1.59 bits per heavy atom. The number of fused-ring (bicyclic) bond motifs is 1. The van der Waals surface area contributed by atoms with Gasteiger partial charge in [-0.3, -0.25) is 4.90 Å². The van der Waals surface area contributed by atoms with Crippen LogP contribution in [0.4, 0.5) is 4.79 Å². The lowest BCUT2D eigenvalue weighted by Gasteiger charge is -2.39. The molecule has 3 unspecified atom stereocenters. The predicted octanol–water partition coefficient (Wildman–Crippen LogP) is 1.93. The number of likely N-dealkylation sites (tertiary alicyclic amines) is 1. The van der Waals surface area contributed by atoms with Crippen molar-refractivity contribution in [2.45, 2.75) is 51.3 Å². The van der Waals surface area contributed by atoms with Crippen molar-refractivity contribution in [3.8, 4) is 0 Å². The van der Waals surface area contributed by atoms with E-state index in [1.807, 2.05) is 20.8 Å². The Morgan fingerprint density at radius 3 is 2.71 bits per heavy atom. The molecule has 1 heterocycles. The molecule has 4 heteroatoms. The van der Waals surface area contributed by atoms with E-state index in [-0.39, 0.29) is 24.8 Å². The fourth-order valence-electron chi connectivity index (χ4n) is 2.81. The first kappa shape index (κ1) is 12.4. The zero-order valence-electron chi connectivity index (χ0n) is 10.8. The van der Waals surface area contributed by atoms with E-state index < -0.39 is 5.60 Å². The highest BCUT2D eigenvalue weighted by atomic mass is 16.6. The summed E-state index contributed by atoms with van der Waals surface area (Å²) in [5, 5.41) is 9.35. The van der Waals surface area contributed by atoms with Gasteiger partial charge in [0.2, 0.25) is 0 Å². The Labute approximate surface area is 102 Å². The Kier molecular flexibility index (Phi) is 2.94. The van der Waals surface area contributed by atoms with Gasteiger partial charge in [0.1, 0.15) is 5.60 Å². The molecule has 1 aliphatic heterocycles. The predicted molar refractivity (Wildman–Crippen MR) is 64.6 cm³/mol. The number of nitrogens with zero attached hydrogens (tertiary/aromatic N) is 1. The van der Waals surface area contributed by atoms with Gasteiger partial charge >= 0.3 is 6.09 Å². The quantitative estimate of drug-likeness (QED) is 0.711. The average molecular weight is 239 g/mol. The topological polar surface area (TPSA) is 49.8 Å². The first-order valence-electron chi connectivity index (χ1n) is 6.13. The third-order valence-electron chi connectivity index (χ3n) is 3.47. The van der Waals surface area contributed by atoms with Gasteiger partial charge < -0.3 is 9.84 Å². The average Bonchev–Trinajstić information content (AvgIpc) is 2.47. The Bertz CT molecular complexity index is 345. The Hall–Kier alpha value is -1.03. The standard InChI is InChI=1S/C13H21NO3/c1-8-5-9-6-10(7-15)14(11(8)9)12(16)17-13(2,3)4/h9-11,15H,1,5-7H2,2-4H3. The molecular weight excluding hydrogens is 218 g/mol. The lowest BCUT2D eigenvalue weighted by molar-refractivity contribution is 0.00796. The normalized spacial score (nSPS) is 32.1. The Balaban J connectivity index is 2.11. The number of aliphatic hydroxyl groups excluding tert-OH is 1. The van der Waals surface area contributed by atoms with E-state index in [2.05, 4.69) is 6.58 Å². The zero-order valence-corrected chi connectivity index (χ0v) is 10.8. The van der Waals surface area contributed by atoms with E-state index >= 15 is 0 Å². The van der Waals surface area contributed by atoms with Crippen molar-refractivity contribution in [2.24, 2.45) is 5.92 Å². The number of carbonyl (C=O) groups excluding carboxylic acids is 1. The second kappa shape index (κ2) is 4.02. The fraction of sp³-hybridized carbons (Fsp3) is 0.769. The van der Waals surface area contributed by atoms with E-state index in [0.717, 1.165) is 18.4 Å². The number of hydrogen-bond acceptors (Lipinski definition) is 3. The maximum Gasteiger partial charge on any atom is 0.411 e. The molecule has 2 fully saturated rings. The highest BCUT2D eigenvalue weighted by molar-refractivity contribution is 5.71. The van der Waals surface area contributed by atoms with E-state index in [9.17, 15) is 9.90 Å². The van der Waals surface area contributed by atoms with Crippen molar-refractivity contribution in [3.05, 3.63) is 12.2 Å². The molecule has 1 saturated carbocycles. The van der Waals surface area contributed by atoms with Crippen LogP contribution in [0.15, 0.2) is 12.2 Å². The SMILES string of the molecule is C=C1CC2CC(CO)N(C(=O)OC(C)(C)C)C12. The summed E-state index contributed by atoms with van der Waals surface area (Å²) in [4.78, 5) is 13.8. The van der Waals surface area contributed by atoms with Gasteiger partial charge in [-0.05, 0) is 39.5 Å². The molecule has 3 atom stereocenters. The smallest absolute Gasteiger partial charge is 0.411 e. The molecule has 1 N–H and O–H groups in total. The van der Waals surface area contributed by atoms with Crippen molar-refractivity contribution in [2.75, 3.05) is 6.61 Å². The van der Waals surface area contributed by atoms with Gasteiger partial charge in [-0.1, -0.05) is 12.2 Å². The van der Waals surface area contributed by atoms with Crippen LogP contribution >= 0.6 is 0 Å². The summed E-state index contributed by atoms with van der Waals surface area (Å²) >= 11 is 0. The number of ether oxygens (including phenoxy) is 1. The lowest BCUT2D eigenvalue weighted by Crippen LogP contribution is -2.49. The summed E-state index contributed by atoms with van der Waals surface area (Å²) in [6.07, 6.45) is 1.50. The van der Waals surface area contributed by atoms with Crippen LogP contribution in [0.2, 0.25) is 0 Å². The number of rotatable bonds is 1. The summed E-state index contributed by atoms with van der Waals surface area (Å²) < 4.78 is 5.39. The van der Waals surface area contributed by atoms with Gasteiger partial charge in [0.05, 0.1) is 18.7 Å².